The van der Waals surface area contributed by atoms with Gasteiger partial charge in [-0.15, -0.1) is 23.1 Å². The summed E-state index contributed by atoms with van der Waals surface area (Å²) in [6, 6.07) is 14.1. The molecule has 4 rings (SSSR count). The van der Waals surface area contributed by atoms with Crippen molar-refractivity contribution in [1.82, 2.24) is 4.90 Å². The van der Waals surface area contributed by atoms with Crippen LogP contribution in [0.1, 0.15) is 65.8 Å². The number of ether oxygens (including phenoxy) is 3. The lowest BCUT2D eigenvalue weighted by molar-refractivity contribution is -0.115. The molecule has 1 aromatic heterocycles. The molecule has 1 aliphatic heterocycles. The van der Waals surface area contributed by atoms with E-state index in [2.05, 4.69) is 10.6 Å². The van der Waals surface area contributed by atoms with Crippen LogP contribution in [0.15, 0.2) is 53.4 Å². The molecule has 1 atom stereocenters. The van der Waals surface area contributed by atoms with E-state index in [-0.39, 0.29) is 25.0 Å². The van der Waals surface area contributed by atoms with Crippen LogP contribution in [0.2, 0.25) is 0 Å². The molecule has 1 aliphatic rings. The van der Waals surface area contributed by atoms with Crippen molar-refractivity contribution in [3.63, 3.8) is 0 Å². The van der Waals surface area contributed by atoms with E-state index in [1.807, 2.05) is 26.8 Å². The third kappa shape index (κ3) is 8.32. The van der Waals surface area contributed by atoms with Gasteiger partial charge in [0.25, 0.3) is 5.91 Å². The molecule has 3 aromatic rings. The Morgan fingerprint density at radius 3 is 2.52 bits per heavy atom. The highest BCUT2D eigenvalue weighted by Crippen LogP contribution is 2.39. The van der Waals surface area contributed by atoms with Crippen molar-refractivity contribution >= 4 is 57.7 Å². The molecule has 2 aromatic carbocycles. The zero-order valence-corrected chi connectivity index (χ0v) is 27.3. The molecule has 10 nitrogen and oxygen atoms in total. The molecule has 0 aliphatic carbocycles. The lowest BCUT2D eigenvalue weighted by atomic mass is 10.0. The van der Waals surface area contributed by atoms with Crippen LogP contribution in [-0.4, -0.2) is 59.9 Å². The Balaban J connectivity index is 1.46. The molecule has 1 unspecified atom stereocenters. The summed E-state index contributed by atoms with van der Waals surface area (Å²) in [7, 11) is 1.54. The van der Waals surface area contributed by atoms with Crippen molar-refractivity contribution in [2.24, 2.45) is 0 Å². The van der Waals surface area contributed by atoms with Gasteiger partial charge >= 0.3 is 12.1 Å². The minimum Gasteiger partial charge on any atom is -0.497 e. The second-order valence-electron chi connectivity index (χ2n) is 11.0. The maximum atomic E-state index is 13.4. The number of hydrogen-bond donors (Lipinski definition) is 2. The third-order valence-corrected chi connectivity index (χ3v) is 8.76. The van der Waals surface area contributed by atoms with Gasteiger partial charge in [-0.3, -0.25) is 9.59 Å². The predicted octanol–water partition coefficient (Wildman–Crippen LogP) is 6.60. The first-order chi connectivity index (χ1) is 20.9. The highest BCUT2D eigenvalue weighted by atomic mass is 32.2. The molecular formula is C32H37N3O7S2. The number of rotatable bonds is 9. The quantitative estimate of drug-likeness (QED) is 0.198. The predicted molar refractivity (Wildman–Crippen MR) is 172 cm³/mol. The molecule has 12 heteroatoms. The van der Waals surface area contributed by atoms with Gasteiger partial charge in [0.05, 0.1) is 31.1 Å². The Hall–Kier alpha value is -4.03. The summed E-state index contributed by atoms with van der Waals surface area (Å²) in [6.45, 7) is 9.78. The van der Waals surface area contributed by atoms with Crippen LogP contribution in [0.25, 0.3) is 0 Å². The van der Waals surface area contributed by atoms with E-state index in [9.17, 15) is 19.2 Å². The monoisotopic (exact) mass is 639 g/mol. The van der Waals surface area contributed by atoms with Gasteiger partial charge in [0.15, 0.2) is 0 Å². The van der Waals surface area contributed by atoms with E-state index in [1.165, 1.54) is 23.1 Å². The Labute approximate surface area is 265 Å². The van der Waals surface area contributed by atoms with Crippen LogP contribution in [0.5, 0.6) is 5.75 Å². The molecule has 234 valence electrons. The van der Waals surface area contributed by atoms with Crippen LogP contribution in [0.3, 0.4) is 0 Å². The molecule has 0 saturated carbocycles. The van der Waals surface area contributed by atoms with Gasteiger partial charge in [-0.1, -0.05) is 12.1 Å². The van der Waals surface area contributed by atoms with E-state index in [4.69, 9.17) is 14.2 Å². The Morgan fingerprint density at radius 1 is 1.07 bits per heavy atom. The molecule has 44 heavy (non-hydrogen) atoms. The van der Waals surface area contributed by atoms with E-state index in [0.29, 0.717) is 40.5 Å². The Kier molecular flexibility index (Phi) is 10.6. The van der Waals surface area contributed by atoms with Crippen molar-refractivity contribution in [2.75, 3.05) is 30.9 Å². The van der Waals surface area contributed by atoms with Gasteiger partial charge in [-0.2, -0.15) is 0 Å². The van der Waals surface area contributed by atoms with E-state index >= 15 is 0 Å². The maximum Gasteiger partial charge on any atom is 0.410 e. The number of thioether (sulfide) groups is 1. The number of benzene rings is 2. The number of thiophene rings is 1. The average Bonchev–Trinajstić information content (AvgIpc) is 3.33. The number of methoxy groups -OCH3 is 1. The topological polar surface area (TPSA) is 123 Å². The van der Waals surface area contributed by atoms with E-state index in [0.717, 1.165) is 15.3 Å². The molecule has 0 spiro atoms. The third-order valence-electron chi connectivity index (χ3n) is 6.53. The largest absolute Gasteiger partial charge is 0.497 e. The number of nitrogens with one attached hydrogen (secondary N) is 2. The second kappa shape index (κ2) is 14.2. The molecular weight excluding hydrogens is 603 g/mol. The summed E-state index contributed by atoms with van der Waals surface area (Å²) < 4.78 is 16.1. The van der Waals surface area contributed by atoms with Gasteiger partial charge in [-0.05, 0) is 83.0 Å². The van der Waals surface area contributed by atoms with Crippen molar-refractivity contribution in [2.45, 2.75) is 63.3 Å². The minimum absolute atomic E-state index is 0.192. The first-order valence-electron chi connectivity index (χ1n) is 14.2. The van der Waals surface area contributed by atoms with Gasteiger partial charge in [0.1, 0.15) is 16.4 Å². The number of hydrogen-bond acceptors (Lipinski definition) is 9. The number of carbonyl (C=O) groups is 4. The number of carbonyl (C=O) groups excluding carboxylic acids is 4. The molecule has 2 N–H and O–H groups in total. The van der Waals surface area contributed by atoms with E-state index < -0.39 is 22.9 Å². The normalized spacial score (nSPS) is 13.4. The summed E-state index contributed by atoms with van der Waals surface area (Å²) in [5, 5.41) is 5.67. The van der Waals surface area contributed by atoms with Gasteiger partial charge in [0, 0.05) is 27.6 Å². The highest BCUT2D eigenvalue weighted by Gasteiger charge is 2.33. The SMILES string of the molecule is CCOC(=O)c1c(NC(=O)C(C)Sc2cccc(NC(=O)c3cccc(OC)c3)c2)sc2c1CCN(C(=O)OC(C)(C)C)C2. The fourth-order valence-electron chi connectivity index (χ4n) is 4.48. The zero-order chi connectivity index (χ0) is 32.0. The molecule has 2 heterocycles. The van der Waals surface area contributed by atoms with Crippen molar-refractivity contribution in [3.05, 3.63) is 70.1 Å². The summed E-state index contributed by atoms with van der Waals surface area (Å²) in [4.78, 5) is 55.0. The standard InChI is InChI=1S/C32H37N3O7S2/c1-7-41-30(38)26-24-14-15-35(31(39)42-32(3,4)5)18-25(24)44-29(26)34-27(36)19(2)43-23-13-9-11-21(17-23)33-28(37)20-10-8-12-22(16-20)40-6/h8-13,16-17,19H,7,14-15,18H2,1-6H3,(H,33,37)(H,34,36). The average molecular weight is 640 g/mol. The van der Waals surface area contributed by atoms with Crippen molar-refractivity contribution in [3.8, 4) is 5.75 Å². The molecule has 3 amide bonds. The zero-order valence-electron chi connectivity index (χ0n) is 25.6. The second-order valence-corrected chi connectivity index (χ2v) is 13.6. The smallest absolute Gasteiger partial charge is 0.410 e. The van der Waals surface area contributed by atoms with Crippen LogP contribution in [-0.2, 0) is 27.2 Å². The summed E-state index contributed by atoms with van der Waals surface area (Å²) >= 11 is 2.59. The lowest BCUT2D eigenvalue weighted by Crippen LogP contribution is -2.39. The molecule has 0 fully saturated rings. The van der Waals surface area contributed by atoms with Gasteiger partial charge in [0.2, 0.25) is 5.91 Å². The summed E-state index contributed by atoms with van der Waals surface area (Å²) in [5.41, 5.74) is 1.53. The van der Waals surface area contributed by atoms with Gasteiger partial charge in [-0.25, -0.2) is 9.59 Å². The summed E-state index contributed by atoms with van der Waals surface area (Å²) in [5.74, 6) is -0.505. The molecule has 0 radical (unpaired) electrons. The number of anilines is 2. The first kappa shape index (κ1) is 32.9. The molecule has 0 saturated heterocycles. The fourth-order valence-corrected chi connectivity index (χ4v) is 6.66. The van der Waals surface area contributed by atoms with Crippen LogP contribution < -0.4 is 15.4 Å². The Morgan fingerprint density at radius 2 is 1.82 bits per heavy atom. The number of amides is 3. The van der Waals surface area contributed by atoms with Gasteiger partial charge < -0.3 is 29.7 Å². The fraction of sp³-hybridized carbons (Fsp3) is 0.375. The van der Waals surface area contributed by atoms with Crippen LogP contribution in [0, 0.1) is 0 Å². The number of nitrogens with zero attached hydrogens (tertiary/aromatic N) is 1. The van der Waals surface area contributed by atoms with E-state index in [1.54, 1.807) is 68.3 Å². The minimum atomic E-state index is -0.628. The van der Waals surface area contributed by atoms with Crippen molar-refractivity contribution in [1.29, 1.82) is 0 Å². The lowest BCUT2D eigenvalue weighted by Gasteiger charge is -2.30. The number of esters is 1. The highest BCUT2D eigenvalue weighted by molar-refractivity contribution is 8.00. The maximum absolute atomic E-state index is 13.4. The Bertz CT molecular complexity index is 1550. The van der Waals surface area contributed by atoms with Crippen molar-refractivity contribution < 1.29 is 33.4 Å². The number of fused-ring (bicyclic) bond motifs is 1. The summed E-state index contributed by atoms with van der Waals surface area (Å²) in [6.07, 6.45) is 0.0139. The van der Waals surface area contributed by atoms with Crippen LogP contribution in [0.4, 0.5) is 15.5 Å². The van der Waals surface area contributed by atoms with Crippen LogP contribution >= 0.6 is 23.1 Å². The molecule has 0 bridgehead atoms. The first-order valence-corrected chi connectivity index (χ1v) is 15.9.